The number of hydrogen-bond acceptors (Lipinski definition) is 6. The molecule has 2 amide bonds. The van der Waals surface area contributed by atoms with Gasteiger partial charge in [0.1, 0.15) is 11.9 Å². The van der Waals surface area contributed by atoms with Crippen molar-refractivity contribution in [3.8, 4) is 17.5 Å². The van der Waals surface area contributed by atoms with Gasteiger partial charge in [0.15, 0.2) is 0 Å². The molecule has 0 saturated carbocycles. The lowest BCUT2D eigenvalue weighted by Gasteiger charge is -2.18. The van der Waals surface area contributed by atoms with Gasteiger partial charge in [-0.1, -0.05) is 12.1 Å². The number of carbonyl (C=O) groups is 1. The molecule has 0 spiro atoms. The number of aromatic nitrogens is 2. The van der Waals surface area contributed by atoms with Gasteiger partial charge in [0.2, 0.25) is 11.8 Å². The van der Waals surface area contributed by atoms with Crippen LogP contribution in [0.5, 0.6) is 17.5 Å². The Kier molecular flexibility index (Phi) is 5.73. The van der Waals surface area contributed by atoms with Crippen LogP contribution in [-0.4, -0.2) is 54.3 Å². The molecule has 1 aliphatic heterocycles. The highest BCUT2D eigenvalue weighted by Crippen LogP contribution is 2.18. The number of urea groups is 1. The van der Waals surface area contributed by atoms with Crippen LogP contribution >= 0.6 is 0 Å². The van der Waals surface area contributed by atoms with Crippen LogP contribution in [0.25, 0.3) is 0 Å². The quantitative estimate of drug-likeness (QED) is 0.848. The number of likely N-dealkylation sites (tertiary alicyclic amines) is 1. The van der Waals surface area contributed by atoms with Crippen LogP contribution in [0.3, 0.4) is 0 Å². The number of benzene rings is 1. The molecule has 0 radical (unpaired) electrons. The highest BCUT2D eigenvalue weighted by molar-refractivity contribution is 5.74. The van der Waals surface area contributed by atoms with E-state index in [1.54, 1.807) is 12.0 Å². The summed E-state index contributed by atoms with van der Waals surface area (Å²) in [5.74, 6) is 1.59. The predicted molar refractivity (Wildman–Crippen MR) is 94.4 cm³/mol. The number of hydrogen-bond donors (Lipinski definition) is 1. The van der Waals surface area contributed by atoms with Gasteiger partial charge in [-0.2, -0.15) is 4.98 Å². The van der Waals surface area contributed by atoms with Gasteiger partial charge >= 0.3 is 6.03 Å². The molecule has 1 aromatic carbocycles. The summed E-state index contributed by atoms with van der Waals surface area (Å²) in [6.07, 6.45) is 3.69. The predicted octanol–water partition coefficient (Wildman–Crippen LogP) is 1.86. The molecular weight excluding hydrogens is 336 g/mol. The normalized spacial score (nSPS) is 16.2. The molecule has 138 valence electrons. The Balaban J connectivity index is 1.47. The summed E-state index contributed by atoms with van der Waals surface area (Å²) in [6, 6.07) is 7.49. The Labute approximate surface area is 152 Å². The van der Waals surface area contributed by atoms with Gasteiger partial charge < -0.3 is 24.4 Å². The summed E-state index contributed by atoms with van der Waals surface area (Å²) in [6.45, 7) is 1.61. The van der Waals surface area contributed by atoms with Crippen LogP contribution in [0.15, 0.2) is 36.7 Å². The van der Waals surface area contributed by atoms with Crippen molar-refractivity contribution in [1.29, 1.82) is 0 Å². The summed E-state index contributed by atoms with van der Waals surface area (Å²) in [7, 11) is 3.15. The van der Waals surface area contributed by atoms with Crippen molar-refractivity contribution in [1.82, 2.24) is 20.2 Å². The number of carbonyl (C=O) groups excluding carboxylic acids is 1. The van der Waals surface area contributed by atoms with Crippen LogP contribution in [-0.2, 0) is 6.54 Å². The summed E-state index contributed by atoms with van der Waals surface area (Å²) >= 11 is 0. The lowest BCUT2D eigenvalue weighted by molar-refractivity contribution is 0.181. The first kappa shape index (κ1) is 17.8. The molecular formula is C18H22N4O4. The minimum Gasteiger partial charge on any atom is -0.497 e. The number of rotatable bonds is 6. The first-order chi connectivity index (χ1) is 12.7. The maximum Gasteiger partial charge on any atom is 0.317 e. The van der Waals surface area contributed by atoms with Gasteiger partial charge in [-0.15, -0.1) is 0 Å². The van der Waals surface area contributed by atoms with E-state index >= 15 is 0 Å². The van der Waals surface area contributed by atoms with Crippen molar-refractivity contribution in [3.63, 3.8) is 0 Å². The molecule has 26 heavy (non-hydrogen) atoms. The first-order valence-corrected chi connectivity index (χ1v) is 8.36. The fourth-order valence-electron chi connectivity index (χ4n) is 2.70. The lowest BCUT2D eigenvalue weighted by atomic mass is 10.2. The smallest absolute Gasteiger partial charge is 0.317 e. The first-order valence-electron chi connectivity index (χ1n) is 8.36. The zero-order valence-electron chi connectivity index (χ0n) is 14.8. The Morgan fingerprint density at radius 2 is 1.96 bits per heavy atom. The van der Waals surface area contributed by atoms with Gasteiger partial charge in [0, 0.05) is 19.5 Å². The standard InChI is InChI=1S/C18H22N4O4/c1-24-14-5-3-13(4-6-14)9-20-18(23)22-8-7-15(12-22)26-17-11-19-10-16(21-17)25-2/h3-6,10-11,15H,7-9,12H2,1-2H3,(H,20,23). The van der Waals surface area contributed by atoms with E-state index in [1.165, 1.54) is 19.5 Å². The molecule has 0 aliphatic carbocycles. The molecule has 1 aromatic heterocycles. The highest BCUT2D eigenvalue weighted by Gasteiger charge is 2.28. The maximum absolute atomic E-state index is 12.3. The zero-order valence-corrected chi connectivity index (χ0v) is 14.8. The van der Waals surface area contributed by atoms with Crippen LogP contribution in [0.1, 0.15) is 12.0 Å². The largest absolute Gasteiger partial charge is 0.497 e. The van der Waals surface area contributed by atoms with Gasteiger partial charge in [0.25, 0.3) is 0 Å². The van der Waals surface area contributed by atoms with Gasteiger partial charge in [-0.05, 0) is 17.7 Å². The molecule has 1 atom stereocenters. The van der Waals surface area contributed by atoms with Crippen LogP contribution in [0, 0.1) is 0 Å². The average molecular weight is 358 g/mol. The third-order valence-corrected chi connectivity index (χ3v) is 4.12. The topological polar surface area (TPSA) is 85.8 Å². The van der Waals surface area contributed by atoms with Gasteiger partial charge in [-0.25, -0.2) is 4.79 Å². The Morgan fingerprint density at radius 3 is 2.69 bits per heavy atom. The molecule has 2 aromatic rings. The van der Waals surface area contributed by atoms with Crippen molar-refractivity contribution in [2.45, 2.75) is 19.1 Å². The third-order valence-electron chi connectivity index (χ3n) is 4.12. The molecule has 0 bridgehead atoms. The summed E-state index contributed by atoms with van der Waals surface area (Å²) < 4.78 is 16.0. The van der Waals surface area contributed by atoms with E-state index in [0.29, 0.717) is 31.4 Å². The second-order valence-corrected chi connectivity index (χ2v) is 5.88. The molecule has 1 N–H and O–H groups in total. The second kappa shape index (κ2) is 8.37. The van der Waals surface area contributed by atoms with Gasteiger partial charge in [-0.3, -0.25) is 4.98 Å². The van der Waals surface area contributed by atoms with E-state index in [1.807, 2.05) is 24.3 Å². The fraction of sp³-hybridized carbons (Fsp3) is 0.389. The van der Waals surface area contributed by atoms with Crippen LogP contribution in [0.4, 0.5) is 4.79 Å². The Hall–Kier alpha value is -3.03. The number of nitrogens with zero attached hydrogens (tertiary/aromatic N) is 3. The number of ether oxygens (including phenoxy) is 3. The Bertz CT molecular complexity index is 738. The molecule has 1 unspecified atom stereocenters. The number of amides is 2. The monoisotopic (exact) mass is 358 g/mol. The molecule has 1 saturated heterocycles. The van der Waals surface area contributed by atoms with Crippen LogP contribution < -0.4 is 19.5 Å². The minimum atomic E-state index is -0.108. The molecule has 2 heterocycles. The molecule has 8 nitrogen and oxygen atoms in total. The second-order valence-electron chi connectivity index (χ2n) is 5.88. The van der Waals surface area contributed by atoms with E-state index in [0.717, 1.165) is 17.7 Å². The van der Waals surface area contributed by atoms with Crippen molar-refractivity contribution < 1.29 is 19.0 Å². The summed E-state index contributed by atoms with van der Waals surface area (Å²) in [4.78, 5) is 22.3. The fourth-order valence-corrected chi connectivity index (χ4v) is 2.70. The lowest BCUT2D eigenvalue weighted by Crippen LogP contribution is -2.39. The molecule has 8 heteroatoms. The van der Waals surface area contributed by atoms with Gasteiger partial charge in [0.05, 0.1) is 33.2 Å². The maximum atomic E-state index is 12.3. The minimum absolute atomic E-state index is 0.108. The molecule has 1 fully saturated rings. The molecule has 3 rings (SSSR count). The molecule has 1 aliphatic rings. The van der Waals surface area contributed by atoms with Crippen molar-refractivity contribution in [2.75, 3.05) is 27.3 Å². The SMILES string of the molecule is COc1ccc(CNC(=O)N2CCC(Oc3cncc(OC)n3)C2)cc1. The highest BCUT2D eigenvalue weighted by atomic mass is 16.5. The van der Waals surface area contributed by atoms with E-state index < -0.39 is 0 Å². The van der Waals surface area contributed by atoms with Crippen molar-refractivity contribution in [3.05, 3.63) is 42.2 Å². The number of nitrogens with one attached hydrogen (secondary N) is 1. The van der Waals surface area contributed by atoms with Crippen molar-refractivity contribution in [2.24, 2.45) is 0 Å². The van der Waals surface area contributed by atoms with E-state index in [9.17, 15) is 4.79 Å². The van der Waals surface area contributed by atoms with Crippen LogP contribution in [0.2, 0.25) is 0 Å². The Morgan fingerprint density at radius 1 is 1.19 bits per heavy atom. The number of methoxy groups -OCH3 is 2. The average Bonchev–Trinajstić information content (AvgIpc) is 3.15. The van der Waals surface area contributed by atoms with Crippen molar-refractivity contribution >= 4 is 6.03 Å². The summed E-state index contributed by atoms with van der Waals surface area (Å²) in [5.41, 5.74) is 1.01. The third kappa shape index (κ3) is 4.53. The van der Waals surface area contributed by atoms with E-state index in [2.05, 4.69) is 15.3 Å². The zero-order chi connectivity index (χ0) is 18.4. The van der Waals surface area contributed by atoms with E-state index in [-0.39, 0.29) is 12.1 Å². The van der Waals surface area contributed by atoms with E-state index in [4.69, 9.17) is 14.2 Å². The summed E-state index contributed by atoms with van der Waals surface area (Å²) in [5, 5.41) is 2.92.